The average Bonchev–Trinajstić information content (AvgIpc) is 2.40. The van der Waals surface area contributed by atoms with Crippen LogP contribution in [-0.4, -0.2) is 12.1 Å². The molecule has 0 heterocycles. The first kappa shape index (κ1) is 17.1. The number of Topliss-reactive ketones (excluding diaryl/α,β-unsaturated/α-hetero) is 1. The van der Waals surface area contributed by atoms with Gasteiger partial charge in [0.2, 0.25) is 0 Å². The van der Waals surface area contributed by atoms with Gasteiger partial charge in [0, 0.05) is 6.42 Å². The summed E-state index contributed by atoms with van der Waals surface area (Å²) in [7, 11) is 0. The summed E-state index contributed by atoms with van der Waals surface area (Å²) in [6, 6.07) is 0. The monoisotopic (exact) mass is 252 g/mol. The fraction of sp³-hybridized carbons (Fsp3) is 0.750. The normalized spacial score (nSPS) is 12.8. The smallest absolute Gasteiger partial charge is 0.195 e. The van der Waals surface area contributed by atoms with E-state index in [2.05, 4.69) is 26.0 Å². The van der Waals surface area contributed by atoms with Crippen molar-refractivity contribution in [3.8, 4) is 0 Å². The molecule has 0 radical (unpaired) electrons. The molecule has 1 atom stereocenters. The molecule has 2 heteroatoms. The van der Waals surface area contributed by atoms with E-state index < -0.39 is 0 Å². The third-order valence-corrected chi connectivity index (χ3v) is 3.33. The molecule has 0 fully saturated rings. The molecule has 0 rings (SSSR count). The van der Waals surface area contributed by atoms with Crippen molar-refractivity contribution in [1.82, 2.24) is 0 Å². The number of carbonyl (C=O) groups excluding carboxylic acids is 2. The number of ketones is 1. The Labute approximate surface area is 112 Å². The summed E-state index contributed by atoms with van der Waals surface area (Å²) in [6.07, 6.45) is 14.6. The number of aldehydes is 1. The average molecular weight is 252 g/mol. The molecule has 0 N–H and O–H groups in total. The van der Waals surface area contributed by atoms with Crippen molar-refractivity contribution in [2.75, 3.05) is 0 Å². The predicted molar refractivity (Wildman–Crippen MR) is 76.6 cm³/mol. The summed E-state index contributed by atoms with van der Waals surface area (Å²) in [4.78, 5) is 20.8. The lowest BCUT2D eigenvalue weighted by molar-refractivity contribution is -0.129. The zero-order valence-corrected chi connectivity index (χ0v) is 12.0. The minimum Gasteiger partial charge on any atom is -0.295 e. The van der Waals surface area contributed by atoms with Crippen LogP contribution in [-0.2, 0) is 9.59 Å². The van der Waals surface area contributed by atoms with E-state index in [-0.39, 0.29) is 5.78 Å². The summed E-state index contributed by atoms with van der Waals surface area (Å²) in [6.45, 7) is 4.51. The third-order valence-electron chi connectivity index (χ3n) is 3.33. The van der Waals surface area contributed by atoms with E-state index in [1.54, 1.807) is 0 Å². The quantitative estimate of drug-likeness (QED) is 0.222. The number of carbonyl (C=O) groups is 2. The van der Waals surface area contributed by atoms with Crippen LogP contribution in [0.1, 0.15) is 71.6 Å². The van der Waals surface area contributed by atoms with Gasteiger partial charge in [0.05, 0.1) is 0 Å². The molecule has 0 aliphatic heterocycles. The Morgan fingerprint density at radius 1 is 1.06 bits per heavy atom. The Morgan fingerprint density at radius 2 is 1.72 bits per heavy atom. The standard InChI is InChI=1S/C16H28O2/c1-3-15(2)12-10-8-6-4-5-7-9-11-13-16(18)14-17/h8,10,14-15H,3-7,9,11-13H2,1-2H3/b10-8+. The van der Waals surface area contributed by atoms with E-state index in [1.807, 2.05) is 0 Å². The molecule has 0 aliphatic carbocycles. The molecule has 0 saturated heterocycles. The minimum atomic E-state index is -0.261. The third kappa shape index (κ3) is 11.6. The summed E-state index contributed by atoms with van der Waals surface area (Å²) in [5, 5.41) is 0. The fourth-order valence-electron chi connectivity index (χ4n) is 1.76. The zero-order chi connectivity index (χ0) is 13.6. The Morgan fingerprint density at radius 3 is 2.39 bits per heavy atom. The van der Waals surface area contributed by atoms with Crippen molar-refractivity contribution in [3.63, 3.8) is 0 Å². The van der Waals surface area contributed by atoms with Crippen molar-refractivity contribution >= 4 is 12.1 Å². The highest BCUT2D eigenvalue weighted by molar-refractivity contribution is 6.24. The highest BCUT2D eigenvalue weighted by atomic mass is 16.2. The van der Waals surface area contributed by atoms with Crippen LogP contribution < -0.4 is 0 Å². The lowest BCUT2D eigenvalue weighted by Gasteiger charge is -2.02. The Hall–Kier alpha value is -0.920. The molecule has 0 amide bonds. The molecule has 1 unspecified atom stereocenters. The van der Waals surface area contributed by atoms with Crippen LogP contribution in [0.3, 0.4) is 0 Å². The number of allylic oxidation sites excluding steroid dienone is 2. The van der Waals surface area contributed by atoms with Crippen molar-refractivity contribution < 1.29 is 9.59 Å². The first-order valence-corrected chi connectivity index (χ1v) is 7.33. The fourth-order valence-corrected chi connectivity index (χ4v) is 1.76. The van der Waals surface area contributed by atoms with Crippen molar-refractivity contribution in [2.24, 2.45) is 5.92 Å². The molecule has 2 nitrogen and oxygen atoms in total. The summed E-state index contributed by atoms with van der Waals surface area (Å²) >= 11 is 0. The van der Waals surface area contributed by atoms with Crippen LogP contribution >= 0.6 is 0 Å². The second kappa shape index (κ2) is 12.5. The topological polar surface area (TPSA) is 34.1 Å². The molecule has 0 aromatic heterocycles. The maximum Gasteiger partial charge on any atom is 0.195 e. The van der Waals surface area contributed by atoms with E-state index in [0.717, 1.165) is 18.8 Å². The van der Waals surface area contributed by atoms with Gasteiger partial charge in [-0.15, -0.1) is 0 Å². The Kier molecular flexibility index (Phi) is 11.9. The molecule has 104 valence electrons. The lowest BCUT2D eigenvalue weighted by atomic mass is 10.0. The predicted octanol–water partition coefficient (Wildman–Crippen LogP) is 4.48. The van der Waals surface area contributed by atoms with Crippen molar-refractivity contribution in [3.05, 3.63) is 12.2 Å². The molecule has 0 bridgehead atoms. The molecular weight excluding hydrogens is 224 g/mol. The second-order valence-corrected chi connectivity index (χ2v) is 5.11. The Balaban J connectivity index is 3.21. The molecule has 0 aliphatic rings. The molecule has 18 heavy (non-hydrogen) atoms. The van der Waals surface area contributed by atoms with Gasteiger partial charge in [-0.1, -0.05) is 51.7 Å². The highest BCUT2D eigenvalue weighted by Gasteiger charge is 1.98. The highest BCUT2D eigenvalue weighted by Crippen LogP contribution is 2.10. The van der Waals surface area contributed by atoms with Crippen LogP contribution in [0.25, 0.3) is 0 Å². The molecule has 0 aromatic carbocycles. The van der Waals surface area contributed by atoms with Gasteiger partial charge in [-0.05, 0) is 31.6 Å². The Bertz CT molecular complexity index is 243. The SMILES string of the molecule is CCC(C)C/C=C/CCCCCCCC(=O)C=O. The van der Waals surface area contributed by atoms with Gasteiger partial charge < -0.3 is 0 Å². The zero-order valence-electron chi connectivity index (χ0n) is 12.0. The minimum absolute atomic E-state index is 0.261. The lowest BCUT2D eigenvalue weighted by Crippen LogP contribution is -1.97. The van der Waals surface area contributed by atoms with Gasteiger partial charge in [0.25, 0.3) is 0 Å². The summed E-state index contributed by atoms with van der Waals surface area (Å²) in [5.41, 5.74) is 0. The number of rotatable bonds is 12. The van der Waals surface area contributed by atoms with Crippen LogP contribution in [0.5, 0.6) is 0 Å². The molecular formula is C16H28O2. The van der Waals surface area contributed by atoms with E-state index in [9.17, 15) is 9.59 Å². The second-order valence-electron chi connectivity index (χ2n) is 5.11. The molecule has 0 saturated carbocycles. The number of hydrogen-bond acceptors (Lipinski definition) is 2. The van der Waals surface area contributed by atoms with Crippen LogP contribution in [0.2, 0.25) is 0 Å². The van der Waals surface area contributed by atoms with Crippen molar-refractivity contribution in [2.45, 2.75) is 71.6 Å². The van der Waals surface area contributed by atoms with Gasteiger partial charge in [-0.2, -0.15) is 0 Å². The van der Waals surface area contributed by atoms with Gasteiger partial charge in [0.15, 0.2) is 12.1 Å². The first-order valence-electron chi connectivity index (χ1n) is 7.33. The maximum absolute atomic E-state index is 10.7. The first-order chi connectivity index (χ1) is 8.70. The van der Waals surface area contributed by atoms with Crippen LogP contribution in [0.4, 0.5) is 0 Å². The van der Waals surface area contributed by atoms with E-state index in [4.69, 9.17) is 0 Å². The molecule has 0 spiro atoms. The summed E-state index contributed by atoms with van der Waals surface area (Å²) in [5.74, 6) is 0.541. The van der Waals surface area contributed by atoms with Gasteiger partial charge in [-0.3, -0.25) is 9.59 Å². The van der Waals surface area contributed by atoms with Crippen LogP contribution in [0.15, 0.2) is 12.2 Å². The van der Waals surface area contributed by atoms with Gasteiger partial charge >= 0.3 is 0 Å². The van der Waals surface area contributed by atoms with Crippen LogP contribution in [0, 0.1) is 5.92 Å². The maximum atomic E-state index is 10.7. The van der Waals surface area contributed by atoms with Gasteiger partial charge in [0.1, 0.15) is 0 Å². The van der Waals surface area contributed by atoms with E-state index >= 15 is 0 Å². The number of unbranched alkanes of at least 4 members (excludes halogenated alkanes) is 5. The summed E-state index contributed by atoms with van der Waals surface area (Å²) < 4.78 is 0. The largest absolute Gasteiger partial charge is 0.295 e. The van der Waals surface area contributed by atoms with E-state index in [1.165, 1.54) is 38.5 Å². The van der Waals surface area contributed by atoms with E-state index in [0.29, 0.717) is 12.7 Å². The number of hydrogen-bond donors (Lipinski definition) is 0. The molecule has 0 aromatic rings. The van der Waals surface area contributed by atoms with Gasteiger partial charge in [-0.25, -0.2) is 0 Å². The van der Waals surface area contributed by atoms with Crippen molar-refractivity contribution in [1.29, 1.82) is 0 Å².